The van der Waals surface area contributed by atoms with E-state index in [1.165, 1.54) is 6.07 Å². The fourth-order valence-corrected chi connectivity index (χ4v) is 4.36. The van der Waals surface area contributed by atoms with Gasteiger partial charge in [-0.1, -0.05) is 13.0 Å². The second kappa shape index (κ2) is 6.11. The predicted octanol–water partition coefficient (Wildman–Crippen LogP) is 1.68. The van der Waals surface area contributed by atoms with Crippen molar-refractivity contribution in [3.8, 4) is 0 Å². The number of hydrogen-bond donors (Lipinski definition) is 2. The molecule has 0 aromatic heterocycles. The minimum Gasteiger partial charge on any atom is -0.399 e. The number of nitrogens with two attached hydrogens (primary N) is 1. The summed E-state index contributed by atoms with van der Waals surface area (Å²) in [4.78, 5) is 0.279. The van der Waals surface area contributed by atoms with Crippen molar-refractivity contribution in [1.82, 2.24) is 4.72 Å². The molecule has 112 valence electrons. The molecule has 3 N–H and O–H groups in total. The van der Waals surface area contributed by atoms with E-state index in [-0.39, 0.29) is 17.0 Å². The molecule has 20 heavy (non-hydrogen) atoms. The summed E-state index contributed by atoms with van der Waals surface area (Å²) in [5, 5.41) is 0. The fourth-order valence-electron chi connectivity index (χ4n) is 2.72. The molecule has 2 unspecified atom stereocenters. The SMILES string of the molecule is CCc1ccc(N)cc1S(=O)(=O)NC1CCCC1OC. The van der Waals surface area contributed by atoms with Crippen LogP contribution in [0, 0.1) is 0 Å². The van der Waals surface area contributed by atoms with Crippen molar-refractivity contribution in [2.24, 2.45) is 0 Å². The van der Waals surface area contributed by atoms with Crippen LogP contribution in [0.1, 0.15) is 31.7 Å². The smallest absolute Gasteiger partial charge is 0.241 e. The molecule has 1 aromatic rings. The van der Waals surface area contributed by atoms with Crippen LogP contribution in [0.15, 0.2) is 23.1 Å². The Morgan fingerprint density at radius 3 is 2.80 bits per heavy atom. The molecule has 0 amide bonds. The summed E-state index contributed by atoms with van der Waals surface area (Å²) >= 11 is 0. The van der Waals surface area contributed by atoms with Crippen molar-refractivity contribution < 1.29 is 13.2 Å². The number of rotatable bonds is 5. The molecule has 0 bridgehead atoms. The summed E-state index contributed by atoms with van der Waals surface area (Å²) in [6.45, 7) is 1.93. The number of sulfonamides is 1. The Morgan fingerprint density at radius 1 is 1.40 bits per heavy atom. The fraction of sp³-hybridized carbons (Fsp3) is 0.571. The number of methoxy groups -OCH3 is 1. The molecule has 2 rings (SSSR count). The third-order valence-electron chi connectivity index (χ3n) is 3.82. The van der Waals surface area contributed by atoms with Crippen LogP contribution in [0.3, 0.4) is 0 Å². The highest BCUT2D eigenvalue weighted by Gasteiger charge is 2.32. The Hall–Kier alpha value is -1.11. The molecule has 1 aromatic carbocycles. The maximum Gasteiger partial charge on any atom is 0.241 e. The van der Waals surface area contributed by atoms with Crippen LogP contribution < -0.4 is 10.5 Å². The number of hydrogen-bond acceptors (Lipinski definition) is 4. The van der Waals surface area contributed by atoms with E-state index < -0.39 is 10.0 Å². The standard InChI is InChI=1S/C14H22N2O3S/c1-3-10-7-8-11(15)9-14(10)20(17,18)16-12-5-4-6-13(12)19-2/h7-9,12-13,16H,3-6,15H2,1-2H3. The summed E-state index contributed by atoms with van der Waals surface area (Å²) in [6, 6.07) is 4.87. The first-order chi connectivity index (χ1) is 9.47. The highest BCUT2D eigenvalue weighted by Crippen LogP contribution is 2.25. The topological polar surface area (TPSA) is 81.4 Å². The zero-order chi connectivity index (χ0) is 14.8. The molecule has 1 fully saturated rings. The molecule has 0 spiro atoms. The van der Waals surface area contributed by atoms with Crippen LogP contribution >= 0.6 is 0 Å². The van der Waals surface area contributed by atoms with Gasteiger partial charge in [-0.15, -0.1) is 0 Å². The van der Waals surface area contributed by atoms with E-state index in [1.807, 2.05) is 6.92 Å². The molecule has 5 nitrogen and oxygen atoms in total. The minimum absolute atomic E-state index is 0.0455. The molecule has 0 aliphatic heterocycles. The number of benzene rings is 1. The van der Waals surface area contributed by atoms with Crippen LogP contribution in [0.4, 0.5) is 5.69 Å². The second-order valence-electron chi connectivity index (χ2n) is 5.15. The lowest BCUT2D eigenvalue weighted by molar-refractivity contribution is 0.0916. The summed E-state index contributed by atoms with van der Waals surface area (Å²) in [5.41, 5.74) is 6.96. The first-order valence-electron chi connectivity index (χ1n) is 6.91. The van der Waals surface area contributed by atoms with Gasteiger partial charge in [-0.2, -0.15) is 0 Å². The molecule has 1 aliphatic rings. The molecule has 1 aliphatic carbocycles. The van der Waals surface area contributed by atoms with Crippen molar-refractivity contribution in [3.63, 3.8) is 0 Å². The Labute approximate surface area is 120 Å². The predicted molar refractivity (Wildman–Crippen MR) is 79.0 cm³/mol. The number of ether oxygens (including phenoxy) is 1. The monoisotopic (exact) mass is 298 g/mol. The highest BCUT2D eigenvalue weighted by atomic mass is 32.2. The van der Waals surface area contributed by atoms with E-state index in [0.717, 1.165) is 24.8 Å². The molecule has 0 radical (unpaired) electrons. The summed E-state index contributed by atoms with van der Waals surface area (Å²) in [6.07, 6.45) is 3.27. The van der Waals surface area contributed by atoms with E-state index in [1.54, 1.807) is 19.2 Å². The van der Waals surface area contributed by atoms with Gasteiger partial charge >= 0.3 is 0 Å². The van der Waals surface area contributed by atoms with Gasteiger partial charge in [0.05, 0.1) is 11.0 Å². The Balaban J connectivity index is 2.28. The number of anilines is 1. The van der Waals surface area contributed by atoms with E-state index in [9.17, 15) is 8.42 Å². The summed E-state index contributed by atoms with van der Waals surface area (Å²) in [5.74, 6) is 0. The largest absolute Gasteiger partial charge is 0.399 e. The Kier molecular flexibility index (Phi) is 4.67. The third-order valence-corrected chi connectivity index (χ3v) is 5.40. The minimum atomic E-state index is -3.56. The lowest BCUT2D eigenvalue weighted by Gasteiger charge is -2.20. The molecular formula is C14H22N2O3S. The van der Waals surface area contributed by atoms with Crippen LogP contribution in [0.25, 0.3) is 0 Å². The van der Waals surface area contributed by atoms with E-state index in [2.05, 4.69) is 4.72 Å². The normalized spacial score (nSPS) is 23.1. The molecule has 0 saturated heterocycles. The second-order valence-corrected chi connectivity index (χ2v) is 6.84. The van der Waals surface area contributed by atoms with Crippen molar-refractivity contribution in [2.75, 3.05) is 12.8 Å². The van der Waals surface area contributed by atoms with Crippen LogP contribution in [0.2, 0.25) is 0 Å². The van der Waals surface area contributed by atoms with Gasteiger partial charge < -0.3 is 10.5 Å². The van der Waals surface area contributed by atoms with Gasteiger partial charge in [-0.3, -0.25) is 0 Å². The number of nitrogen functional groups attached to an aromatic ring is 1. The van der Waals surface area contributed by atoms with Crippen molar-refractivity contribution in [3.05, 3.63) is 23.8 Å². The van der Waals surface area contributed by atoms with Gasteiger partial charge in [0.1, 0.15) is 0 Å². The van der Waals surface area contributed by atoms with Gasteiger partial charge in [0, 0.05) is 18.8 Å². The van der Waals surface area contributed by atoms with Crippen LogP contribution in [0.5, 0.6) is 0 Å². The average molecular weight is 298 g/mol. The maximum atomic E-state index is 12.6. The zero-order valence-corrected chi connectivity index (χ0v) is 12.7. The first kappa shape index (κ1) is 15.3. The van der Waals surface area contributed by atoms with Gasteiger partial charge in [0.25, 0.3) is 0 Å². The van der Waals surface area contributed by atoms with E-state index >= 15 is 0 Å². The Bertz CT molecular complexity index is 572. The number of nitrogens with one attached hydrogen (secondary N) is 1. The molecule has 0 heterocycles. The van der Waals surface area contributed by atoms with Gasteiger partial charge in [0.15, 0.2) is 0 Å². The summed E-state index contributed by atoms with van der Waals surface area (Å²) < 4.78 is 33.2. The third kappa shape index (κ3) is 3.13. The first-order valence-corrected chi connectivity index (χ1v) is 8.39. The van der Waals surface area contributed by atoms with E-state index in [0.29, 0.717) is 12.1 Å². The average Bonchev–Trinajstić information content (AvgIpc) is 2.85. The highest BCUT2D eigenvalue weighted by molar-refractivity contribution is 7.89. The summed E-state index contributed by atoms with van der Waals surface area (Å²) in [7, 11) is -1.94. The molecule has 6 heteroatoms. The van der Waals surface area contributed by atoms with E-state index in [4.69, 9.17) is 10.5 Å². The van der Waals surface area contributed by atoms with Crippen LogP contribution in [-0.4, -0.2) is 27.7 Å². The van der Waals surface area contributed by atoms with Crippen molar-refractivity contribution >= 4 is 15.7 Å². The van der Waals surface area contributed by atoms with Gasteiger partial charge in [0.2, 0.25) is 10.0 Å². The van der Waals surface area contributed by atoms with Crippen molar-refractivity contribution in [2.45, 2.75) is 49.6 Å². The van der Waals surface area contributed by atoms with Gasteiger partial charge in [-0.25, -0.2) is 13.1 Å². The Morgan fingerprint density at radius 2 is 2.15 bits per heavy atom. The van der Waals surface area contributed by atoms with Crippen molar-refractivity contribution in [1.29, 1.82) is 0 Å². The lowest BCUT2D eigenvalue weighted by atomic mass is 10.1. The number of aryl methyl sites for hydroxylation is 1. The molecule has 2 atom stereocenters. The maximum absolute atomic E-state index is 12.6. The molecule has 1 saturated carbocycles. The van der Waals surface area contributed by atoms with Crippen LogP contribution in [-0.2, 0) is 21.2 Å². The zero-order valence-electron chi connectivity index (χ0n) is 11.9. The quantitative estimate of drug-likeness (QED) is 0.810. The van der Waals surface area contributed by atoms with Gasteiger partial charge in [-0.05, 0) is 43.4 Å². The lowest BCUT2D eigenvalue weighted by Crippen LogP contribution is -2.40. The molecular weight excluding hydrogens is 276 g/mol.